The van der Waals surface area contributed by atoms with Gasteiger partial charge in [0.15, 0.2) is 6.10 Å². The molecule has 1 aromatic heterocycles. The number of imidazole rings is 1. The lowest BCUT2D eigenvalue weighted by molar-refractivity contribution is -0.149. The third-order valence-electron chi connectivity index (χ3n) is 9.29. The summed E-state index contributed by atoms with van der Waals surface area (Å²) in [6, 6.07) is 26.8. The number of hydrogen-bond acceptors (Lipinski definition) is 5. The Balaban J connectivity index is 1.48. The second-order valence-corrected chi connectivity index (χ2v) is 12.8. The molecule has 0 radical (unpaired) electrons. The number of benzene rings is 5. The van der Waals surface area contributed by atoms with Crippen LogP contribution in [0, 0.1) is 20.8 Å². The van der Waals surface area contributed by atoms with Gasteiger partial charge in [-0.3, -0.25) is 4.79 Å². The number of rotatable bonds is 10. The summed E-state index contributed by atoms with van der Waals surface area (Å²) >= 11 is 6.56. The molecule has 0 aliphatic carbocycles. The van der Waals surface area contributed by atoms with E-state index >= 15 is 0 Å². The molecule has 1 heterocycles. The van der Waals surface area contributed by atoms with Crippen LogP contribution >= 0.6 is 11.6 Å². The Labute approximate surface area is 290 Å². The first-order chi connectivity index (χ1) is 23.5. The van der Waals surface area contributed by atoms with Gasteiger partial charge in [-0.25, -0.2) is 9.78 Å². The van der Waals surface area contributed by atoms with Crippen molar-refractivity contribution in [3.63, 3.8) is 0 Å². The van der Waals surface area contributed by atoms with Gasteiger partial charge in [-0.1, -0.05) is 60.1 Å². The Hall–Kier alpha value is -5.40. The van der Waals surface area contributed by atoms with Crippen molar-refractivity contribution in [3.05, 3.63) is 159 Å². The van der Waals surface area contributed by atoms with Crippen LogP contribution in [0.1, 0.15) is 73.8 Å². The first kappa shape index (κ1) is 33.5. The summed E-state index contributed by atoms with van der Waals surface area (Å²) in [5, 5.41) is 12.8. The number of halogens is 1. The smallest absolute Gasteiger partial charge is 0.335 e. The van der Waals surface area contributed by atoms with Crippen LogP contribution in [0.4, 0.5) is 0 Å². The molecule has 0 fully saturated rings. The highest BCUT2D eigenvalue weighted by molar-refractivity contribution is 6.31. The van der Waals surface area contributed by atoms with Gasteiger partial charge in [-0.15, -0.1) is 0 Å². The maximum atomic E-state index is 14.2. The van der Waals surface area contributed by atoms with Gasteiger partial charge in [-0.2, -0.15) is 0 Å². The third-order valence-corrected chi connectivity index (χ3v) is 9.66. The van der Waals surface area contributed by atoms with E-state index in [0.717, 1.165) is 55.6 Å². The fraction of sp³-hybridized carbons (Fsp3) is 0.195. The number of aryl methyl sites for hydroxylation is 2. The van der Waals surface area contributed by atoms with Crippen molar-refractivity contribution in [2.45, 2.75) is 46.1 Å². The molecule has 0 saturated heterocycles. The Morgan fingerprint density at radius 1 is 0.918 bits per heavy atom. The maximum Gasteiger partial charge on any atom is 0.335 e. The van der Waals surface area contributed by atoms with Gasteiger partial charge >= 0.3 is 11.9 Å². The summed E-state index contributed by atoms with van der Waals surface area (Å²) in [6.07, 6.45) is 4.74. The quantitative estimate of drug-likeness (QED) is 0.146. The van der Waals surface area contributed by atoms with Gasteiger partial charge in [0.1, 0.15) is 5.75 Å². The number of nitrogens with zero attached hydrogens (tertiary/aromatic N) is 2. The summed E-state index contributed by atoms with van der Waals surface area (Å²) in [5.74, 6) is -1.27. The fourth-order valence-corrected chi connectivity index (χ4v) is 6.65. The van der Waals surface area contributed by atoms with Crippen LogP contribution in [0.25, 0.3) is 16.5 Å². The topological polar surface area (TPSA) is 90.7 Å². The number of fused-ring (bicyclic) bond motifs is 1. The minimum Gasteiger partial charge on any atom is -0.497 e. The average Bonchev–Trinajstić information content (AvgIpc) is 3.64. The van der Waals surface area contributed by atoms with E-state index < -0.39 is 24.0 Å². The summed E-state index contributed by atoms with van der Waals surface area (Å²) in [6.45, 7) is 7.59. The van der Waals surface area contributed by atoms with E-state index in [0.29, 0.717) is 22.6 Å². The van der Waals surface area contributed by atoms with Crippen molar-refractivity contribution >= 4 is 34.3 Å². The van der Waals surface area contributed by atoms with Crippen LogP contribution in [-0.4, -0.2) is 33.7 Å². The average molecular weight is 673 g/mol. The summed E-state index contributed by atoms with van der Waals surface area (Å²) in [4.78, 5) is 31.0. The summed E-state index contributed by atoms with van der Waals surface area (Å²) in [5.41, 5.74) is 7.16. The molecule has 0 aliphatic heterocycles. The molecule has 0 bridgehead atoms. The van der Waals surface area contributed by atoms with E-state index in [1.807, 2.05) is 111 Å². The zero-order valence-electron chi connectivity index (χ0n) is 28.0. The lowest BCUT2D eigenvalue weighted by atomic mass is 9.84. The minimum atomic E-state index is -1.03. The molecule has 49 heavy (non-hydrogen) atoms. The van der Waals surface area contributed by atoms with Crippen LogP contribution in [0.2, 0.25) is 5.02 Å². The minimum absolute atomic E-state index is 0.189. The molecule has 2 unspecified atom stereocenters. The van der Waals surface area contributed by atoms with Gasteiger partial charge in [0.2, 0.25) is 0 Å². The van der Waals surface area contributed by atoms with E-state index in [-0.39, 0.29) is 5.56 Å². The highest BCUT2D eigenvalue weighted by atomic mass is 35.5. The van der Waals surface area contributed by atoms with E-state index in [9.17, 15) is 14.7 Å². The van der Waals surface area contributed by atoms with Gasteiger partial charge < -0.3 is 19.1 Å². The molecule has 6 rings (SSSR count). The summed E-state index contributed by atoms with van der Waals surface area (Å²) in [7, 11) is 1.63. The predicted molar refractivity (Wildman–Crippen MR) is 192 cm³/mol. The standard InChI is InChI=1S/C41H37ClN2O5/c1-24-10-14-32(44-17-16-43-23-44)22-34(24)39(49-41(47)26(3)28-11-12-30-20-33(48-5)15-13-29(30)19-28)38-25(2)18-36(40(45)46)35(27(38)4)21-31-8-6-7-9-37(31)42/h6-20,22-23,26,39H,21H2,1-5H3,(H,45,46). The Kier molecular flexibility index (Phi) is 9.56. The van der Waals surface area contributed by atoms with Gasteiger partial charge in [0.05, 0.1) is 24.9 Å². The normalized spacial score (nSPS) is 12.4. The number of ether oxygens (including phenoxy) is 2. The molecular weight excluding hydrogens is 636 g/mol. The number of carboxylic acid groups (broad SMARTS) is 1. The summed E-state index contributed by atoms with van der Waals surface area (Å²) < 4.78 is 13.8. The monoisotopic (exact) mass is 672 g/mol. The second-order valence-electron chi connectivity index (χ2n) is 12.4. The number of aromatic nitrogens is 2. The number of aromatic carboxylic acids is 1. The lowest BCUT2D eigenvalue weighted by Crippen LogP contribution is -2.21. The molecule has 0 saturated carbocycles. The predicted octanol–water partition coefficient (Wildman–Crippen LogP) is 9.34. The van der Waals surface area contributed by atoms with Crippen molar-refractivity contribution < 1.29 is 24.2 Å². The Bertz CT molecular complexity index is 2190. The maximum absolute atomic E-state index is 14.2. The molecule has 7 nitrogen and oxygen atoms in total. The number of methoxy groups -OCH3 is 1. The van der Waals surface area contributed by atoms with Crippen LogP contribution in [-0.2, 0) is 16.0 Å². The second kappa shape index (κ2) is 14.0. The number of esters is 1. The van der Waals surface area contributed by atoms with Crippen molar-refractivity contribution in [1.82, 2.24) is 9.55 Å². The molecule has 2 atom stereocenters. The van der Waals surface area contributed by atoms with Gasteiger partial charge in [0.25, 0.3) is 0 Å². The van der Waals surface area contributed by atoms with Crippen molar-refractivity contribution in [2.75, 3.05) is 7.11 Å². The van der Waals surface area contributed by atoms with Crippen LogP contribution in [0.3, 0.4) is 0 Å². The first-order valence-corrected chi connectivity index (χ1v) is 16.4. The van der Waals surface area contributed by atoms with E-state index in [1.165, 1.54) is 0 Å². The van der Waals surface area contributed by atoms with E-state index in [1.54, 1.807) is 31.8 Å². The molecular formula is C41H37ClN2O5. The fourth-order valence-electron chi connectivity index (χ4n) is 6.45. The van der Waals surface area contributed by atoms with Crippen LogP contribution in [0.5, 0.6) is 5.75 Å². The SMILES string of the molecule is COc1ccc2cc(C(C)C(=O)OC(c3cc(-n4ccnc4)ccc3C)c3c(C)cc(C(=O)O)c(Cc4ccccc4Cl)c3C)ccc2c1. The molecule has 248 valence electrons. The highest BCUT2D eigenvalue weighted by Crippen LogP contribution is 2.39. The lowest BCUT2D eigenvalue weighted by Gasteiger charge is -2.28. The number of carbonyl (C=O) groups excluding carboxylic acids is 1. The van der Waals surface area contributed by atoms with E-state index in [2.05, 4.69) is 4.98 Å². The van der Waals surface area contributed by atoms with Crippen molar-refractivity contribution in [3.8, 4) is 11.4 Å². The Morgan fingerprint density at radius 2 is 1.67 bits per heavy atom. The molecule has 6 aromatic rings. The largest absolute Gasteiger partial charge is 0.497 e. The molecule has 0 spiro atoms. The van der Waals surface area contributed by atoms with Gasteiger partial charge in [-0.05, 0) is 108 Å². The zero-order valence-corrected chi connectivity index (χ0v) is 28.8. The number of hydrogen-bond donors (Lipinski definition) is 1. The van der Waals surface area contributed by atoms with E-state index in [4.69, 9.17) is 21.1 Å². The molecule has 0 aliphatic rings. The Morgan fingerprint density at radius 3 is 2.39 bits per heavy atom. The van der Waals surface area contributed by atoms with Crippen molar-refractivity contribution in [1.29, 1.82) is 0 Å². The van der Waals surface area contributed by atoms with Crippen LogP contribution in [0.15, 0.2) is 104 Å². The molecule has 5 aromatic carbocycles. The van der Waals surface area contributed by atoms with Crippen molar-refractivity contribution in [2.24, 2.45) is 0 Å². The van der Waals surface area contributed by atoms with Gasteiger partial charge in [0, 0.05) is 40.7 Å². The first-order valence-electron chi connectivity index (χ1n) is 16.0. The zero-order chi connectivity index (χ0) is 34.8. The molecule has 8 heteroatoms. The molecule has 1 N–H and O–H groups in total. The number of carbonyl (C=O) groups is 2. The number of carboxylic acids is 1. The van der Waals surface area contributed by atoms with Crippen LogP contribution < -0.4 is 4.74 Å². The highest BCUT2D eigenvalue weighted by Gasteiger charge is 2.30. The third kappa shape index (κ3) is 6.80. The molecule has 0 amide bonds.